The minimum atomic E-state index is 0.347. The Kier molecular flexibility index (Phi) is 3.31. The van der Waals surface area contributed by atoms with E-state index < -0.39 is 0 Å². The molecular formula is C18H17NO2. The highest BCUT2D eigenvalue weighted by Gasteiger charge is 2.19. The van der Waals surface area contributed by atoms with Crippen molar-refractivity contribution in [3.05, 3.63) is 41.5 Å². The second kappa shape index (κ2) is 5.14. The van der Waals surface area contributed by atoms with Crippen LogP contribution in [-0.4, -0.2) is 7.11 Å². The maximum absolute atomic E-state index is 9.07. The highest BCUT2D eigenvalue weighted by molar-refractivity contribution is 6.07. The first-order chi connectivity index (χ1) is 10.2. The second-order valence-corrected chi connectivity index (χ2v) is 5.29. The number of hydrogen-bond acceptors (Lipinski definition) is 3. The van der Waals surface area contributed by atoms with Gasteiger partial charge in [-0.3, -0.25) is 0 Å². The van der Waals surface area contributed by atoms with Gasteiger partial charge in [-0.1, -0.05) is 13.8 Å². The van der Waals surface area contributed by atoms with Crippen LogP contribution < -0.4 is 4.74 Å². The van der Waals surface area contributed by atoms with Crippen molar-refractivity contribution in [1.82, 2.24) is 0 Å². The molecule has 1 heterocycles. The van der Waals surface area contributed by atoms with E-state index in [-0.39, 0.29) is 0 Å². The summed E-state index contributed by atoms with van der Waals surface area (Å²) in [5.41, 5.74) is 3.42. The third kappa shape index (κ3) is 2.04. The van der Waals surface area contributed by atoms with Crippen LogP contribution >= 0.6 is 0 Å². The summed E-state index contributed by atoms with van der Waals surface area (Å²) < 4.78 is 11.6. The number of hydrogen-bond donors (Lipinski definition) is 0. The SMILES string of the molecule is CC[C@H](C)c1c(OC)ccc2c1oc1ccc(C#N)cc12. The van der Waals surface area contributed by atoms with Crippen LogP contribution in [0.1, 0.15) is 37.3 Å². The fourth-order valence-electron chi connectivity index (χ4n) is 2.76. The van der Waals surface area contributed by atoms with E-state index >= 15 is 0 Å². The van der Waals surface area contributed by atoms with E-state index in [4.69, 9.17) is 14.4 Å². The van der Waals surface area contributed by atoms with Gasteiger partial charge in [-0.15, -0.1) is 0 Å². The highest BCUT2D eigenvalue weighted by Crippen LogP contribution is 2.40. The number of furan rings is 1. The zero-order valence-electron chi connectivity index (χ0n) is 12.4. The molecule has 1 aromatic heterocycles. The molecule has 3 nitrogen and oxygen atoms in total. The predicted molar refractivity (Wildman–Crippen MR) is 83.7 cm³/mol. The van der Waals surface area contributed by atoms with Crippen LogP contribution in [0.3, 0.4) is 0 Å². The normalized spacial score (nSPS) is 12.5. The molecule has 21 heavy (non-hydrogen) atoms. The van der Waals surface area contributed by atoms with Gasteiger partial charge in [0.05, 0.1) is 18.7 Å². The Balaban J connectivity index is 2.41. The molecule has 2 aromatic carbocycles. The smallest absolute Gasteiger partial charge is 0.142 e. The van der Waals surface area contributed by atoms with Crippen molar-refractivity contribution >= 4 is 21.9 Å². The van der Waals surface area contributed by atoms with Crippen molar-refractivity contribution in [2.45, 2.75) is 26.2 Å². The molecule has 3 heteroatoms. The molecule has 0 saturated carbocycles. The van der Waals surface area contributed by atoms with Crippen LogP contribution in [0.4, 0.5) is 0 Å². The first-order valence-electron chi connectivity index (χ1n) is 7.12. The number of fused-ring (bicyclic) bond motifs is 3. The van der Waals surface area contributed by atoms with Crippen LogP contribution in [0.5, 0.6) is 5.75 Å². The summed E-state index contributed by atoms with van der Waals surface area (Å²) in [4.78, 5) is 0. The summed E-state index contributed by atoms with van der Waals surface area (Å²) >= 11 is 0. The van der Waals surface area contributed by atoms with Gasteiger partial charge in [0.25, 0.3) is 0 Å². The average Bonchev–Trinajstić information content (AvgIpc) is 2.90. The van der Waals surface area contributed by atoms with E-state index in [0.717, 1.165) is 39.7 Å². The Morgan fingerprint density at radius 3 is 2.71 bits per heavy atom. The predicted octanol–water partition coefficient (Wildman–Crippen LogP) is 4.98. The molecule has 0 saturated heterocycles. The molecule has 106 valence electrons. The summed E-state index contributed by atoms with van der Waals surface area (Å²) in [5, 5.41) is 11.1. The number of benzene rings is 2. The van der Waals surface area contributed by atoms with Crippen molar-refractivity contribution in [3.8, 4) is 11.8 Å². The monoisotopic (exact) mass is 279 g/mol. The topological polar surface area (TPSA) is 46.2 Å². The van der Waals surface area contributed by atoms with Crippen LogP contribution in [0.25, 0.3) is 21.9 Å². The molecule has 0 amide bonds. The van der Waals surface area contributed by atoms with Crippen molar-refractivity contribution in [3.63, 3.8) is 0 Å². The summed E-state index contributed by atoms with van der Waals surface area (Å²) in [6, 6.07) is 11.7. The lowest BCUT2D eigenvalue weighted by Gasteiger charge is -2.14. The minimum absolute atomic E-state index is 0.347. The molecule has 0 bridgehead atoms. The molecular weight excluding hydrogens is 262 g/mol. The maximum atomic E-state index is 9.07. The van der Waals surface area contributed by atoms with E-state index in [0.29, 0.717) is 11.5 Å². The Morgan fingerprint density at radius 1 is 1.24 bits per heavy atom. The lowest BCUT2D eigenvalue weighted by Crippen LogP contribution is -1.97. The number of rotatable bonds is 3. The molecule has 0 fully saturated rings. The zero-order chi connectivity index (χ0) is 15.0. The molecule has 0 unspecified atom stereocenters. The van der Waals surface area contributed by atoms with Crippen LogP contribution in [-0.2, 0) is 0 Å². The molecule has 0 radical (unpaired) electrons. The molecule has 1 atom stereocenters. The van der Waals surface area contributed by atoms with Gasteiger partial charge in [0, 0.05) is 16.3 Å². The number of methoxy groups -OCH3 is 1. The average molecular weight is 279 g/mol. The third-order valence-electron chi connectivity index (χ3n) is 4.09. The van der Waals surface area contributed by atoms with Crippen molar-refractivity contribution in [2.24, 2.45) is 0 Å². The maximum Gasteiger partial charge on any atom is 0.142 e. The largest absolute Gasteiger partial charge is 0.496 e. The van der Waals surface area contributed by atoms with Gasteiger partial charge in [-0.25, -0.2) is 0 Å². The van der Waals surface area contributed by atoms with Gasteiger partial charge in [0.1, 0.15) is 16.9 Å². The van der Waals surface area contributed by atoms with Crippen LogP contribution in [0, 0.1) is 11.3 Å². The molecule has 0 aliphatic heterocycles. The lowest BCUT2D eigenvalue weighted by molar-refractivity contribution is 0.405. The fourth-order valence-corrected chi connectivity index (χ4v) is 2.76. The standard InChI is InChI=1S/C18H17NO2/c1-4-11(2)17-16(20-3)8-6-13-14-9-12(10-19)5-7-15(14)21-18(13)17/h5-9,11H,4H2,1-3H3/t11-/m0/s1. The molecule has 0 aliphatic rings. The Hall–Kier alpha value is -2.47. The van der Waals surface area contributed by atoms with Gasteiger partial charge >= 0.3 is 0 Å². The van der Waals surface area contributed by atoms with E-state index in [1.54, 1.807) is 13.2 Å². The molecule has 0 N–H and O–H groups in total. The first-order valence-corrected chi connectivity index (χ1v) is 7.12. The Morgan fingerprint density at radius 2 is 2.05 bits per heavy atom. The Bertz CT molecular complexity index is 855. The number of nitriles is 1. The zero-order valence-corrected chi connectivity index (χ0v) is 12.4. The molecule has 3 aromatic rings. The first kappa shape index (κ1) is 13.5. The van der Waals surface area contributed by atoms with Gasteiger partial charge < -0.3 is 9.15 Å². The summed E-state index contributed by atoms with van der Waals surface area (Å²) in [5.74, 6) is 1.20. The van der Waals surface area contributed by atoms with Gasteiger partial charge in [-0.2, -0.15) is 5.26 Å². The van der Waals surface area contributed by atoms with Crippen molar-refractivity contribution in [1.29, 1.82) is 5.26 Å². The van der Waals surface area contributed by atoms with E-state index in [1.807, 2.05) is 24.3 Å². The Labute approximate surface area is 123 Å². The van der Waals surface area contributed by atoms with E-state index in [2.05, 4.69) is 19.9 Å². The molecule has 0 aliphatic carbocycles. The van der Waals surface area contributed by atoms with Crippen LogP contribution in [0.2, 0.25) is 0 Å². The molecule has 0 spiro atoms. The van der Waals surface area contributed by atoms with Gasteiger partial charge in [0.15, 0.2) is 0 Å². The third-order valence-corrected chi connectivity index (χ3v) is 4.09. The van der Waals surface area contributed by atoms with E-state index in [1.165, 1.54) is 0 Å². The lowest BCUT2D eigenvalue weighted by atomic mass is 9.95. The fraction of sp³-hybridized carbons (Fsp3) is 0.278. The summed E-state index contributed by atoms with van der Waals surface area (Å²) in [7, 11) is 1.68. The second-order valence-electron chi connectivity index (χ2n) is 5.29. The summed E-state index contributed by atoms with van der Waals surface area (Å²) in [6.45, 7) is 4.32. The van der Waals surface area contributed by atoms with E-state index in [9.17, 15) is 0 Å². The number of nitrogens with zero attached hydrogens (tertiary/aromatic N) is 1. The van der Waals surface area contributed by atoms with Crippen molar-refractivity contribution in [2.75, 3.05) is 7.11 Å². The summed E-state index contributed by atoms with van der Waals surface area (Å²) in [6.07, 6.45) is 1.01. The van der Waals surface area contributed by atoms with Gasteiger partial charge in [-0.05, 0) is 42.7 Å². The number of ether oxygens (including phenoxy) is 1. The van der Waals surface area contributed by atoms with Crippen LogP contribution in [0.15, 0.2) is 34.7 Å². The quantitative estimate of drug-likeness (QED) is 0.679. The highest BCUT2D eigenvalue weighted by atomic mass is 16.5. The molecule has 3 rings (SSSR count). The van der Waals surface area contributed by atoms with Gasteiger partial charge in [0.2, 0.25) is 0 Å². The van der Waals surface area contributed by atoms with Crippen molar-refractivity contribution < 1.29 is 9.15 Å². The minimum Gasteiger partial charge on any atom is -0.496 e.